The highest BCUT2D eigenvalue weighted by atomic mass is 32.2. The van der Waals surface area contributed by atoms with Crippen molar-refractivity contribution >= 4 is 11.8 Å². The van der Waals surface area contributed by atoms with Crippen LogP contribution in [-0.2, 0) is 0 Å². The van der Waals surface area contributed by atoms with E-state index < -0.39 is 11.1 Å². The molecule has 108 valence electrons. The van der Waals surface area contributed by atoms with Gasteiger partial charge in [0.25, 0.3) is 0 Å². The first-order valence-corrected chi connectivity index (χ1v) is 7.24. The van der Waals surface area contributed by atoms with Gasteiger partial charge in [-0.1, -0.05) is 13.8 Å². The standard InChI is InChI=1S/C12H22F3NOS/c1-10(2)3-5-11(17,6-4-10)9-16-7-8-18-12(13,14)15/h16-17H,3-9H2,1-2H3. The molecule has 2 N–H and O–H groups in total. The molecule has 0 amide bonds. The summed E-state index contributed by atoms with van der Waals surface area (Å²) in [7, 11) is 0. The average Bonchev–Trinajstić information content (AvgIpc) is 2.21. The summed E-state index contributed by atoms with van der Waals surface area (Å²) in [5.41, 5.74) is -4.62. The Morgan fingerprint density at radius 3 is 2.22 bits per heavy atom. The fourth-order valence-corrected chi connectivity index (χ4v) is 2.61. The monoisotopic (exact) mass is 285 g/mol. The van der Waals surface area contributed by atoms with Crippen molar-refractivity contribution in [2.75, 3.05) is 18.8 Å². The third-order valence-corrected chi connectivity index (χ3v) is 4.27. The first kappa shape index (κ1) is 16.1. The fraction of sp³-hybridized carbons (Fsp3) is 1.00. The predicted molar refractivity (Wildman–Crippen MR) is 68.6 cm³/mol. The van der Waals surface area contributed by atoms with Crippen molar-refractivity contribution in [2.24, 2.45) is 5.41 Å². The lowest BCUT2D eigenvalue weighted by molar-refractivity contribution is -0.0328. The molecule has 0 atom stereocenters. The van der Waals surface area contributed by atoms with E-state index in [-0.39, 0.29) is 29.5 Å². The number of hydrogen-bond donors (Lipinski definition) is 2. The second-order valence-corrected chi connectivity index (χ2v) is 7.02. The molecule has 1 saturated carbocycles. The largest absolute Gasteiger partial charge is 0.441 e. The van der Waals surface area contributed by atoms with Crippen LogP contribution in [0.3, 0.4) is 0 Å². The maximum atomic E-state index is 11.9. The molecule has 1 fully saturated rings. The van der Waals surface area contributed by atoms with Crippen LogP contribution in [0.25, 0.3) is 0 Å². The maximum Gasteiger partial charge on any atom is 0.441 e. The molecule has 0 aromatic rings. The van der Waals surface area contributed by atoms with Gasteiger partial charge >= 0.3 is 5.51 Å². The molecule has 0 radical (unpaired) electrons. The second kappa shape index (κ2) is 6.01. The van der Waals surface area contributed by atoms with E-state index in [9.17, 15) is 18.3 Å². The minimum atomic E-state index is -4.16. The number of hydrogen-bond acceptors (Lipinski definition) is 3. The van der Waals surface area contributed by atoms with Gasteiger partial charge in [0.1, 0.15) is 0 Å². The van der Waals surface area contributed by atoms with Gasteiger partial charge in [0.15, 0.2) is 0 Å². The molecule has 0 aromatic heterocycles. The summed E-state index contributed by atoms with van der Waals surface area (Å²) in [6.45, 7) is 5.03. The second-order valence-electron chi connectivity index (χ2n) is 5.86. The third-order valence-electron chi connectivity index (χ3n) is 3.53. The van der Waals surface area contributed by atoms with Crippen molar-refractivity contribution in [3.8, 4) is 0 Å². The van der Waals surface area contributed by atoms with Gasteiger partial charge in [0, 0.05) is 18.8 Å². The Bertz CT molecular complexity index is 259. The highest BCUT2D eigenvalue weighted by Crippen LogP contribution is 2.39. The Labute approximate surface area is 111 Å². The van der Waals surface area contributed by atoms with E-state index in [0.717, 1.165) is 25.7 Å². The van der Waals surface area contributed by atoms with E-state index >= 15 is 0 Å². The molecule has 0 saturated heterocycles. The molecule has 1 aliphatic rings. The first-order chi connectivity index (χ1) is 8.12. The summed E-state index contributed by atoms with van der Waals surface area (Å²) >= 11 is -0.0253. The SMILES string of the molecule is CC1(C)CCC(O)(CNCCSC(F)(F)F)CC1. The van der Waals surface area contributed by atoms with Crippen molar-refractivity contribution in [3.63, 3.8) is 0 Å². The van der Waals surface area contributed by atoms with Crippen molar-refractivity contribution < 1.29 is 18.3 Å². The molecule has 0 bridgehead atoms. The predicted octanol–water partition coefficient (Wildman–Crippen LogP) is 3.16. The third kappa shape index (κ3) is 6.29. The first-order valence-electron chi connectivity index (χ1n) is 6.26. The zero-order chi connectivity index (χ0) is 13.9. The van der Waals surface area contributed by atoms with Crippen LogP contribution in [0.4, 0.5) is 13.2 Å². The Hall–Kier alpha value is 0.0600. The van der Waals surface area contributed by atoms with E-state index in [1.54, 1.807) is 0 Å². The molecule has 0 aliphatic heterocycles. The van der Waals surface area contributed by atoms with Crippen molar-refractivity contribution in [2.45, 2.75) is 50.6 Å². The van der Waals surface area contributed by atoms with Crippen molar-refractivity contribution in [3.05, 3.63) is 0 Å². The smallest absolute Gasteiger partial charge is 0.389 e. The van der Waals surface area contributed by atoms with E-state index in [1.807, 2.05) is 0 Å². The summed E-state index contributed by atoms with van der Waals surface area (Å²) in [5.74, 6) is -0.00886. The van der Waals surface area contributed by atoms with Gasteiger partial charge in [-0.25, -0.2) is 0 Å². The van der Waals surface area contributed by atoms with E-state index in [2.05, 4.69) is 19.2 Å². The molecule has 0 unspecified atom stereocenters. The molecule has 0 aromatic carbocycles. The maximum absolute atomic E-state index is 11.9. The van der Waals surface area contributed by atoms with Crippen molar-refractivity contribution in [1.82, 2.24) is 5.32 Å². The minimum absolute atomic E-state index is 0.00886. The molecule has 6 heteroatoms. The molecular weight excluding hydrogens is 263 g/mol. The zero-order valence-electron chi connectivity index (χ0n) is 10.9. The Balaban J connectivity index is 2.16. The Kier molecular flexibility index (Phi) is 5.38. The Morgan fingerprint density at radius 2 is 1.72 bits per heavy atom. The lowest BCUT2D eigenvalue weighted by Gasteiger charge is -2.40. The lowest BCUT2D eigenvalue weighted by atomic mass is 9.71. The number of nitrogens with one attached hydrogen (secondary N) is 1. The fourth-order valence-electron chi connectivity index (χ4n) is 2.13. The molecule has 0 spiro atoms. The number of aliphatic hydroxyl groups is 1. The van der Waals surface area contributed by atoms with Crippen LogP contribution in [0.2, 0.25) is 0 Å². The number of halogens is 3. The minimum Gasteiger partial charge on any atom is -0.389 e. The Morgan fingerprint density at radius 1 is 1.17 bits per heavy atom. The zero-order valence-corrected chi connectivity index (χ0v) is 11.8. The van der Waals surface area contributed by atoms with Crippen LogP contribution in [0, 0.1) is 5.41 Å². The number of thioether (sulfide) groups is 1. The van der Waals surface area contributed by atoms with Crippen LogP contribution in [0.15, 0.2) is 0 Å². The van der Waals surface area contributed by atoms with Gasteiger partial charge in [-0.05, 0) is 42.9 Å². The van der Waals surface area contributed by atoms with E-state index in [0.29, 0.717) is 6.54 Å². The van der Waals surface area contributed by atoms with E-state index in [4.69, 9.17) is 0 Å². The molecule has 1 aliphatic carbocycles. The van der Waals surface area contributed by atoms with Crippen LogP contribution in [0.1, 0.15) is 39.5 Å². The van der Waals surface area contributed by atoms with Gasteiger partial charge in [-0.15, -0.1) is 0 Å². The van der Waals surface area contributed by atoms with Gasteiger partial charge in [-0.2, -0.15) is 13.2 Å². The summed E-state index contributed by atoms with van der Waals surface area (Å²) in [5, 5.41) is 13.2. The number of rotatable bonds is 5. The van der Waals surface area contributed by atoms with Crippen LogP contribution >= 0.6 is 11.8 Å². The van der Waals surface area contributed by atoms with Gasteiger partial charge in [0.2, 0.25) is 0 Å². The van der Waals surface area contributed by atoms with Gasteiger partial charge in [-0.3, -0.25) is 0 Å². The molecular formula is C12H22F3NOS. The average molecular weight is 285 g/mol. The van der Waals surface area contributed by atoms with Gasteiger partial charge in [0.05, 0.1) is 5.60 Å². The van der Waals surface area contributed by atoms with Crippen molar-refractivity contribution in [1.29, 1.82) is 0 Å². The topological polar surface area (TPSA) is 32.3 Å². The quantitative estimate of drug-likeness (QED) is 0.761. The molecule has 1 rings (SSSR count). The normalized spacial score (nSPS) is 23.0. The molecule has 0 heterocycles. The van der Waals surface area contributed by atoms with Crippen LogP contribution < -0.4 is 5.32 Å². The summed E-state index contributed by atoms with van der Waals surface area (Å²) in [6, 6.07) is 0. The highest BCUT2D eigenvalue weighted by molar-refractivity contribution is 8.00. The summed E-state index contributed by atoms with van der Waals surface area (Å²) < 4.78 is 35.7. The molecule has 2 nitrogen and oxygen atoms in total. The lowest BCUT2D eigenvalue weighted by Crippen LogP contribution is -2.45. The van der Waals surface area contributed by atoms with Gasteiger partial charge < -0.3 is 10.4 Å². The molecule has 18 heavy (non-hydrogen) atoms. The highest BCUT2D eigenvalue weighted by Gasteiger charge is 2.36. The van der Waals surface area contributed by atoms with E-state index in [1.165, 1.54) is 0 Å². The number of alkyl halides is 3. The van der Waals surface area contributed by atoms with Crippen LogP contribution in [-0.4, -0.2) is 35.1 Å². The van der Waals surface area contributed by atoms with Crippen LogP contribution in [0.5, 0.6) is 0 Å². The summed E-state index contributed by atoms with van der Waals surface area (Å²) in [6.07, 6.45) is 3.36. The summed E-state index contributed by atoms with van der Waals surface area (Å²) in [4.78, 5) is 0.